The number of benzene rings is 13. The Morgan fingerprint density at radius 3 is 0.953 bits per heavy atom. The molecule has 2 aromatic heterocycles. The Morgan fingerprint density at radius 2 is 0.547 bits per heavy atom. The van der Waals surface area contributed by atoms with Crippen molar-refractivity contribution in [2.24, 2.45) is 0 Å². The van der Waals surface area contributed by atoms with E-state index < -0.39 is 0 Å². The SMILES string of the molecule is CC.CC.CC.Cc1c2ccccc2cc2ccccc12.Cc1cccc2nccnc12.Cc1ccccc1.Cc1ccnc2ccccc12.c1ccc(-c2ccccc2)cc1.c1ccc2cc3ccccc3cc2c1.c1ccc2ccccc2c1. The van der Waals surface area contributed by atoms with Gasteiger partial charge in [0.05, 0.1) is 16.6 Å². The number of rotatable bonds is 1. The average molecular weight is 1120 g/mol. The molecule has 0 aliphatic rings. The van der Waals surface area contributed by atoms with Gasteiger partial charge in [0.2, 0.25) is 0 Å². The lowest BCUT2D eigenvalue weighted by molar-refractivity contribution is 1.27. The zero-order valence-corrected chi connectivity index (χ0v) is 51.9. The van der Waals surface area contributed by atoms with Crippen LogP contribution in [0.25, 0.3) is 86.9 Å². The summed E-state index contributed by atoms with van der Waals surface area (Å²) in [6, 6.07) is 105. The molecule has 0 aliphatic heterocycles. The largest absolute Gasteiger partial charge is 0.256 e. The highest BCUT2D eigenvalue weighted by molar-refractivity contribution is 6.02. The molecule has 3 heteroatoms. The maximum absolute atomic E-state index is 4.24. The maximum Gasteiger partial charge on any atom is 0.0915 e. The van der Waals surface area contributed by atoms with Gasteiger partial charge in [0, 0.05) is 24.0 Å². The molecule has 430 valence electrons. The van der Waals surface area contributed by atoms with Gasteiger partial charge in [-0.2, -0.15) is 0 Å². The summed E-state index contributed by atoms with van der Waals surface area (Å²) < 4.78 is 0. The van der Waals surface area contributed by atoms with Crippen molar-refractivity contribution in [2.75, 3.05) is 0 Å². The van der Waals surface area contributed by atoms with E-state index in [0.717, 1.165) is 16.6 Å². The molecular weight excluding hydrogens is 1040 g/mol. The summed E-state index contributed by atoms with van der Waals surface area (Å²) in [6.07, 6.45) is 5.27. The van der Waals surface area contributed by atoms with E-state index in [1.54, 1.807) is 12.4 Å². The first-order valence-corrected chi connectivity index (χ1v) is 30.2. The summed E-state index contributed by atoms with van der Waals surface area (Å²) in [4.78, 5) is 12.6. The van der Waals surface area contributed by atoms with Crippen LogP contribution in [0, 0.1) is 27.7 Å². The van der Waals surface area contributed by atoms with Crippen LogP contribution >= 0.6 is 0 Å². The predicted molar refractivity (Wildman–Crippen MR) is 379 cm³/mol. The van der Waals surface area contributed by atoms with Gasteiger partial charge in [-0.3, -0.25) is 15.0 Å². The molecule has 0 unspecified atom stereocenters. The molecule has 0 amide bonds. The van der Waals surface area contributed by atoms with E-state index in [0.29, 0.717) is 0 Å². The third-order valence-electron chi connectivity index (χ3n) is 13.7. The third-order valence-corrected chi connectivity index (χ3v) is 13.7. The number of fused-ring (bicyclic) bond motifs is 7. The fraction of sp³-hybridized carbons (Fsp3) is 0.120. The average Bonchev–Trinajstić information content (AvgIpc) is 2.86. The molecule has 0 spiro atoms. The lowest BCUT2D eigenvalue weighted by atomic mass is 9.98. The number of nitrogens with zero attached hydrogens (tertiary/aromatic N) is 3. The lowest BCUT2D eigenvalue weighted by Crippen LogP contribution is -1.83. The molecule has 3 nitrogen and oxygen atoms in total. The van der Waals surface area contributed by atoms with E-state index >= 15 is 0 Å². The van der Waals surface area contributed by atoms with Gasteiger partial charge in [-0.15, -0.1) is 0 Å². The molecule has 0 saturated carbocycles. The lowest BCUT2D eigenvalue weighted by Gasteiger charge is -2.06. The smallest absolute Gasteiger partial charge is 0.0915 e. The summed E-state index contributed by atoms with van der Waals surface area (Å²) in [6.45, 7) is 20.4. The van der Waals surface area contributed by atoms with Crippen molar-refractivity contribution >= 4 is 75.8 Å². The highest BCUT2D eigenvalue weighted by Crippen LogP contribution is 2.28. The first-order valence-electron chi connectivity index (χ1n) is 30.2. The highest BCUT2D eigenvalue weighted by Gasteiger charge is 2.02. The monoisotopic (exact) mass is 1120 g/mol. The molecule has 0 N–H and O–H groups in total. The number of para-hydroxylation sites is 2. The fourth-order valence-corrected chi connectivity index (χ4v) is 9.43. The van der Waals surface area contributed by atoms with Gasteiger partial charge in [-0.1, -0.05) is 314 Å². The van der Waals surface area contributed by atoms with E-state index in [1.165, 1.54) is 92.6 Å². The van der Waals surface area contributed by atoms with Crippen molar-refractivity contribution in [3.8, 4) is 11.1 Å². The summed E-state index contributed by atoms with van der Waals surface area (Å²) in [5.74, 6) is 0. The second-order valence-corrected chi connectivity index (χ2v) is 19.4. The molecule has 0 radical (unpaired) electrons. The Labute approximate surface area is 512 Å². The van der Waals surface area contributed by atoms with Crippen LogP contribution in [-0.4, -0.2) is 15.0 Å². The van der Waals surface area contributed by atoms with Crippen LogP contribution < -0.4 is 0 Å². The van der Waals surface area contributed by atoms with Crippen LogP contribution in [0.2, 0.25) is 0 Å². The molecule has 0 bridgehead atoms. The second-order valence-electron chi connectivity index (χ2n) is 19.4. The van der Waals surface area contributed by atoms with Crippen LogP contribution in [0.3, 0.4) is 0 Å². The minimum absolute atomic E-state index is 0.965. The first-order chi connectivity index (χ1) is 42.4. The summed E-state index contributed by atoms with van der Waals surface area (Å²) in [5.41, 5.74) is 10.8. The zero-order valence-electron chi connectivity index (χ0n) is 51.9. The summed E-state index contributed by atoms with van der Waals surface area (Å²) in [5, 5.41) is 14.5. The maximum atomic E-state index is 4.24. The molecule has 0 atom stereocenters. The minimum atomic E-state index is 0.965. The molecule has 0 saturated heterocycles. The van der Waals surface area contributed by atoms with Crippen LogP contribution in [0.15, 0.2) is 322 Å². The van der Waals surface area contributed by atoms with Crippen molar-refractivity contribution < 1.29 is 0 Å². The Bertz CT molecular complexity index is 4000. The second kappa shape index (κ2) is 36.5. The van der Waals surface area contributed by atoms with Gasteiger partial charge in [-0.25, -0.2) is 0 Å². The molecule has 2 heterocycles. The van der Waals surface area contributed by atoms with Crippen LogP contribution in [0.1, 0.15) is 63.8 Å². The highest BCUT2D eigenvalue weighted by atomic mass is 14.8. The molecule has 0 fully saturated rings. The van der Waals surface area contributed by atoms with E-state index in [2.05, 4.69) is 266 Å². The number of hydrogen-bond donors (Lipinski definition) is 0. The molecule has 86 heavy (non-hydrogen) atoms. The van der Waals surface area contributed by atoms with Gasteiger partial charge in [0.1, 0.15) is 0 Å². The quantitative estimate of drug-likeness (QED) is 0.154. The minimum Gasteiger partial charge on any atom is -0.256 e. The van der Waals surface area contributed by atoms with Crippen molar-refractivity contribution in [3.05, 3.63) is 344 Å². The van der Waals surface area contributed by atoms with Gasteiger partial charge in [0.15, 0.2) is 0 Å². The summed E-state index contributed by atoms with van der Waals surface area (Å²) >= 11 is 0. The Morgan fingerprint density at radius 1 is 0.221 bits per heavy atom. The van der Waals surface area contributed by atoms with E-state index in [1.807, 2.05) is 127 Å². The van der Waals surface area contributed by atoms with E-state index in [9.17, 15) is 0 Å². The molecule has 13 aromatic carbocycles. The number of aryl methyl sites for hydroxylation is 4. The molecular formula is C83H83N3. The van der Waals surface area contributed by atoms with Crippen molar-refractivity contribution in [2.45, 2.75) is 69.2 Å². The normalized spacial score (nSPS) is 9.74. The van der Waals surface area contributed by atoms with Gasteiger partial charge in [-0.05, 0) is 146 Å². The predicted octanol–water partition coefficient (Wildman–Crippen LogP) is 24.0. The Kier molecular flexibility index (Phi) is 27.6. The van der Waals surface area contributed by atoms with Gasteiger partial charge in [0.25, 0.3) is 0 Å². The topological polar surface area (TPSA) is 38.7 Å². The van der Waals surface area contributed by atoms with E-state index in [-0.39, 0.29) is 0 Å². The van der Waals surface area contributed by atoms with Crippen LogP contribution in [-0.2, 0) is 0 Å². The number of aromatic nitrogens is 3. The third kappa shape index (κ3) is 19.5. The molecule has 15 aromatic rings. The number of hydrogen-bond acceptors (Lipinski definition) is 3. The van der Waals surface area contributed by atoms with Gasteiger partial charge >= 0.3 is 0 Å². The fourth-order valence-electron chi connectivity index (χ4n) is 9.43. The Balaban J connectivity index is 0.000000159. The molecule has 0 aliphatic carbocycles. The van der Waals surface area contributed by atoms with E-state index in [4.69, 9.17) is 0 Å². The van der Waals surface area contributed by atoms with Crippen LogP contribution in [0.4, 0.5) is 0 Å². The van der Waals surface area contributed by atoms with Gasteiger partial charge < -0.3 is 0 Å². The van der Waals surface area contributed by atoms with Crippen molar-refractivity contribution in [1.29, 1.82) is 0 Å². The summed E-state index contributed by atoms with van der Waals surface area (Å²) in [7, 11) is 0. The number of pyridine rings is 1. The first kappa shape index (κ1) is 65.1. The molecule has 15 rings (SSSR count). The standard InChI is InChI=1S/C15H12.C14H10.C12H10.C10H9N.C10H8.C9H8N2.C7H8.3C2H6/c1-11-14-8-4-2-6-12(14)10-13-7-3-5-9-15(11)13;1-2-6-12-10-14-8-4-3-7-13(14)9-11(12)5-1;1-3-7-11(8-4-1)12-9-5-2-6-10-12;1-8-6-7-11-10-5-3-2-4-9(8)10;1-2-6-10-8-4-3-7-9(10)5-1;1-7-3-2-4-8-9(7)11-6-5-10-8;1-7-5-3-2-4-6-7;3*1-2/h2-10H,1H3;1-10H;1-10H;2-7H,1H3;1-8H;2-6H,1H3;2-6H,1H3;3*1-2H3. The Hall–Kier alpha value is -10.1. The van der Waals surface area contributed by atoms with Crippen molar-refractivity contribution in [3.63, 3.8) is 0 Å². The van der Waals surface area contributed by atoms with Crippen LogP contribution in [0.5, 0.6) is 0 Å². The van der Waals surface area contributed by atoms with Crippen molar-refractivity contribution in [1.82, 2.24) is 15.0 Å². The zero-order chi connectivity index (χ0) is 61.1.